The smallest absolute Gasteiger partial charge is 0.287 e. The van der Waals surface area contributed by atoms with Crippen LogP contribution in [0.5, 0.6) is 0 Å². The highest BCUT2D eigenvalue weighted by atomic mass is 35.5. The molecule has 4 fully saturated rings. The molecule has 7 rings (SSSR count). The molecule has 0 saturated carbocycles. The van der Waals surface area contributed by atoms with Gasteiger partial charge in [-0.1, -0.05) is 35.9 Å². The van der Waals surface area contributed by atoms with E-state index in [-0.39, 0.29) is 51.6 Å². The summed E-state index contributed by atoms with van der Waals surface area (Å²) >= 11 is 6.32. The van der Waals surface area contributed by atoms with Crippen LogP contribution in [0.3, 0.4) is 0 Å². The van der Waals surface area contributed by atoms with Crippen LogP contribution in [-0.2, 0) is 16.6 Å². The molecule has 4 aliphatic heterocycles. The zero-order chi connectivity index (χ0) is 35.0. The Morgan fingerprint density at radius 1 is 0.940 bits per heavy atom. The second-order valence-electron chi connectivity index (χ2n) is 14.8. The molecule has 2 N–H and O–H groups in total. The number of carbonyl (C=O) groups is 3. The Labute approximate surface area is 297 Å². The number of rotatable bonds is 6. The van der Waals surface area contributed by atoms with Crippen molar-refractivity contribution < 1.29 is 14.4 Å². The van der Waals surface area contributed by atoms with Crippen molar-refractivity contribution in [1.82, 2.24) is 24.9 Å². The number of aryl methyl sites for hydroxylation is 1. The maximum absolute atomic E-state index is 13.6. The second-order valence-corrected chi connectivity index (χ2v) is 15.2. The summed E-state index contributed by atoms with van der Waals surface area (Å²) in [5.41, 5.74) is 4.52. The first kappa shape index (κ1) is 34.2. The molecule has 1 unspecified atom stereocenters. The van der Waals surface area contributed by atoms with Crippen LogP contribution >= 0.6 is 11.6 Å². The first-order valence-electron chi connectivity index (χ1n) is 17.8. The van der Waals surface area contributed by atoms with Crippen molar-refractivity contribution in [2.45, 2.75) is 62.8 Å². The van der Waals surface area contributed by atoms with E-state index in [0.29, 0.717) is 18.5 Å². The molecule has 50 heavy (non-hydrogen) atoms. The maximum atomic E-state index is 13.6. The molecule has 3 amide bonds. The number of anilines is 2. The van der Waals surface area contributed by atoms with Gasteiger partial charge in [0.25, 0.3) is 11.5 Å². The summed E-state index contributed by atoms with van der Waals surface area (Å²) in [6.45, 7) is 5.18. The molecule has 4 aliphatic rings. The zero-order valence-corrected chi connectivity index (χ0v) is 29.6. The summed E-state index contributed by atoms with van der Waals surface area (Å²) in [5.74, 6) is -0.292. The van der Waals surface area contributed by atoms with Gasteiger partial charge in [-0.2, -0.15) is 5.10 Å². The Morgan fingerprint density at radius 3 is 2.38 bits per heavy atom. The van der Waals surface area contributed by atoms with Crippen molar-refractivity contribution in [2.75, 3.05) is 56.5 Å². The lowest BCUT2D eigenvalue weighted by molar-refractivity contribution is -0.134. The first-order chi connectivity index (χ1) is 24.1. The summed E-state index contributed by atoms with van der Waals surface area (Å²) in [6, 6.07) is 16.5. The molecule has 0 bridgehead atoms. The van der Waals surface area contributed by atoms with E-state index in [0.717, 1.165) is 88.2 Å². The highest BCUT2D eigenvalue weighted by Crippen LogP contribution is 2.43. The molecule has 5 heterocycles. The highest BCUT2D eigenvalue weighted by molar-refractivity contribution is 6.32. The molecule has 1 aromatic heterocycles. The molecule has 1 spiro atoms. The normalized spacial score (nSPS) is 24.3. The van der Waals surface area contributed by atoms with Crippen molar-refractivity contribution in [2.24, 2.45) is 12.5 Å². The molecule has 11 nitrogen and oxygen atoms in total. The van der Waals surface area contributed by atoms with Crippen LogP contribution in [0.2, 0.25) is 5.02 Å². The topological polar surface area (TPSA) is 120 Å². The van der Waals surface area contributed by atoms with Crippen molar-refractivity contribution in [3.63, 3.8) is 0 Å². The number of piperidine rings is 4. The Kier molecular flexibility index (Phi) is 9.72. The molecule has 4 saturated heterocycles. The van der Waals surface area contributed by atoms with Gasteiger partial charge in [0.05, 0.1) is 17.8 Å². The summed E-state index contributed by atoms with van der Waals surface area (Å²) < 4.78 is 1.23. The fraction of sp³-hybridized carbons (Fsp3) is 0.500. The summed E-state index contributed by atoms with van der Waals surface area (Å²) in [7, 11) is 3.68. The number of carbonyl (C=O) groups excluding carboxylic acids is 3. The van der Waals surface area contributed by atoms with Gasteiger partial charge in [0, 0.05) is 70.0 Å². The lowest BCUT2D eigenvalue weighted by atomic mass is 9.71. The van der Waals surface area contributed by atoms with Crippen molar-refractivity contribution >= 4 is 40.7 Å². The van der Waals surface area contributed by atoms with E-state index < -0.39 is 0 Å². The van der Waals surface area contributed by atoms with Gasteiger partial charge in [-0.15, -0.1) is 0 Å². The Bertz CT molecular complexity index is 1810. The van der Waals surface area contributed by atoms with Gasteiger partial charge in [-0.3, -0.25) is 24.5 Å². The third kappa shape index (κ3) is 7.16. The van der Waals surface area contributed by atoms with Gasteiger partial charge in [-0.05, 0) is 92.3 Å². The number of nitrogens with one attached hydrogen (secondary N) is 2. The summed E-state index contributed by atoms with van der Waals surface area (Å²) in [6.07, 6.45) is 7.61. The summed E-state index contributed by atoms with van der Waals surface area (Å²) in [4.78, 5) is 56.6. The zero-order valence-electron chi connectivity index (χ0n) is 28.9. The number of nitrogens with zero attached hydrogens (tertiary/aromatic N) is 5. The average molecular weight is 700 g/mol. The van der Waals surface area contributed by atoms with Crippen molar-refractivity contribution in [3.05, 3.63) is 86.8 Å². The van der Waals surface area contributed by atoms with Gasteiger partial charge in [0.2, 0.25) is 11.8 Å². The molecule has 0 aliphatic carbocycles. The van der Waals surface area contributed by atoms with Crippen molar-refractivity contribution in [3.8, 4) is 0 Å². The number of hydrogen-bond donors (Lipinski definition) is 2. The van der Waals surface area contributed by atoms with Crippen LogP contribution in [-0.4, -0.2) is 89.7 Å². The Hall–Kier alpha value is -4.22. The second kappa shape index (κ2) is 14.2. The van der Waals surface area contributed by atoms with Crippen LogP contribution in [0.1, 0.15) is 78.3 Å². The number of amides is 3. The van der Waals surface area contributed by atoms with E-state index in [9.17, 15) is 19.2 Å². The third-order valence-corrected chi connectivity index (χ3v) is 11.9. The van der Waals surface area contributed by atoms with Crippen LogP contribution in [0.15, 0.2) is 59.5 Å². The number of likely N-dealkylation sites (tertiary alicyclic amines) is 2. The minimum absolute atomic E-state index is 0.0991. The first-order valence-corrected chi connectivity index (χ1v) is 18.2. The molecule has 3 aromatic rings. The number of likely N-dealkylation sites (N-methyl/N-ethyl adjacent to an activating group) is 1. The van der Waals surface area contributed by atoms with Gasteiger partial charge < -0.3 is 20.0 Å². The highest BCUT2D eigenvalue weighted by Gasteiger charge is 2.39. The molecule has 264 valence electrons. The minimum Gasteiger partial charge on any atom is -0.378 e. The lowest BCUT2D eigenvalue weighted by Crippen LogP contribution is -2.48. The van der Waals surface area contributed by atoms with E-state index in [1.54, 1.807) is 13.2 Å². The molecule has 2 aromatic carbocycles. The van der Waals surface area contributed by atoms with Gasteiger partial charge in [0.1, 0.15) is 5.02 Å². The number of aromatic nitrogens is 2. The average Bonchev–Trinajstić information content (AvgIpc) is 3.12. The third-order valence-electron chi connectivity index (χ3n) is 11.5. The number of benzene rings is 2. The number of hydrogen-bond acceptors (Lipinski definition) is 8. The van der Waals surface area contributed by atoms with Gasteiger partial charge >= 0.3 is 0 Å². The standard InChI is InChI=1S/C38H46ClN7O4/c1-43-23-28(20-29(24-43)41-32-22-40-44(2)37(50)34(32)39)25-6-8-26(9-7-25)36(49)46-18-14-38(15-19-46)12-16-45(17-13-38)30-5-3-4-27(21-30)31-10-11-33(47)42-35(31)48/h3-9,21-22,28-29,31,41H,10-20,23-24H2,1-2H3,(H,42,47,48)/t28-,29+,31?/m1/s1. The fourth-order valence-corrected chi connectivity index (χ4v) is 8.68. The van der Waals surface area contributed by atoms with E-state index in [1.165, 1.54) is 10.2 Å². The van der Waals surface area contributed by atoms with Crippen LogP contribution in [0, 0.1) is 5.41 Å². The predicted octanol–water partition coefficient (Wildman–Crippen LogP) is 4.38. The lowest BCUT2D eigenvalue weighted by Gasteiger charge is -2.47. The quantitative estimate of drug-likeness (QED) is 0.364. The number of imide groups is 1. The molecule has 0 radical (unpaired) electrons. The summed E-state index contributed by atoms with van der Waals surface area (Å²) in [5, 5.41) is 10.2. The minimum atomic E-state index is -0.321. The van der Waals surface area contributed by atoms with Crippen LogP contribution < -0.4 is 21.1 Å². The van der Waals surface area contributed by atoms with Crippen LogP contribution in [0.4, 0.5) is 11.4 Å². The van der Waals surface area contributed by atoms with Gasteiger partial charge in [-0.25, -0.2) is 4.68 Å². The van der Waals surface area contributed by atoms with E-state index in [1.807, 2.05) is 29.2 Å². The van der Waals surface area contributed by atoms with E-state index in [4.69, 9.17) is 11.6 Å². The molecule has 12 heteroatoms. The largest absolute Gasteiger partial charge is 0.378 e. The monoisotopic (exact) mass is 699 g/mol. The van der Waals surface area contributed by atoms with Gasteiger partial charge in [0.15, 0.2) is 0 Å². The SMILES string of the molecule is CN1C[C@@H](Nc2cnn(C)c(=O)c2Cl)C[C@@H](c2ccc(C(=O)N3CCC4(CC3)CCN(c3cccc(C5CCC(=O)NC5=O)c3)CC4)cc2)C1. The fourth-order valence-electron chi connectivity index (χ4n) is 8.45. The number of halogens is 1. The molecule has 3 atom stereocenters. The molecular weight excluding hydrogens is 654 g/mol. The van der Waals surface area contributed by atoms with E-state index >= 15 is 0 Å². The van der Waals surface area contributed by atoms with Crippen LogP contribution in [0.25, 0.3) is 0 Å². The maximum Gasteiger partial charge on any atom is 0.287 e. The Morgan fingerprint density at radius 2 is 1.66 bits per heavy atom. The van der Waals surface area contributed by atoms with E-state index in [2.05, 4.69) is 56.8 Å². The van der Waals surface area contributed by atoms with Crippen molar-refractivity contribution in [1.29, 1.82) is 0 Å². The molecular formula is C38H46ClN7O4. The Balaban J connectivity index is 0.916. The predicted molar refractivity (Wildman–Crippen MR) is 194 cm³/mol.